The minimum absolute atomic E-state index is 0.589. The molecule has 80 valence electrons. The van der Waals surface area contributed by atoms with Gasteiger partial charge in [0.2, 0.25) is 5.88 Å². The van der Waals surface area contributed by atoms with E-state index in [9.17, 15) is 0 Å². The van der Waals surface area contributed by atoms with Crippen molar-refractivity contribution in [3.63, 3.8) is 0 Å². The van der Waals surface area contributed by atoms with Crippen LogP contribution in [0.4, 0.5) is 0 Å². The van der Waals surface area contributed by atoms with Gasteiger partial charge in [-0.1, -0.05) is 12.1 Å². The number of aromatic nitrogens is 3. The van der Waals surface area contributed by atoms with Crippen molar-refractivity contribution in [1.82, 2.24) is 15.0 Å². The van der Waals surface area contributed by atoms with Crippen LogP contribution in [0.2, 0.25) is 0 Å². The molecule has 0 aliphatic rings. The number of hydrogen-bond donors (Lipinski definition) is 1. The van der Waals surface area contributed by atoms with Gasteiger partial charge in [-0.15, -0.1) is 0 Å². The number of imidazole rings is 1. The van der Waals surface area contributed by atoms with Crippen LogP contribution in [0, 0.1) is 6.92 Å². The second kappa shape index (κ2) is 3.20. The zero-order chi connectivity index (χ0) is 11.1. The van der Waals surface area contributed by atoms with E-state index in [2.05, 4.69) is 27.9 Å². The second-order valence-electron chi connectivity index (χ2n) is 3.72. The van der Waals surface area contributed by atoms with Gasteiger partial charge in [0, 0.05) is 5.39 Å². The van der Waals surface area contributed by atoms with Crippen LogP contribution in [0.1, 0.15) is 5.56 Å². The number of pyridine rings is 1. The topological polar surface area (TPSA) is 50.8 Å². The highest BCUT2D eigenvalue weighted by Crippen LogP contribution is 2.29. The molecule has 0 radical (unpaired) electrons. The van der Waals surface area contributed by atoms with E-state index in [1.54, 1.807) is 13.4 Å². The molecule has 0 aliphatic heterocycles. The van der Waals surface area contributed by atoms with E-state index >= 15 is 0 Å². The normalized spacial score (nSPS) is 11.1. The first-order valence-corrected chi connectivity index (χ1v) is 5.07. The van der Waals surface area contributed by atoms with Gasteiger partial charge in [0.1, 0.15) is 11.0 Å². The number of aromatic amines is 1. The molecule has 0 spiro atoms. The predicted octanol–water partition coefficient (Wildman–Crippen LogP) is 2.43. The van der Waals surface area contributed by atoms with E-state index in [0.29, 0.717) is 5.88 Å². The fraction of sp³-hybridized carbons (Fsp3) is 0.167. The van der Waals surface area contributed by atoms with Crippen molar-refractivity contribution in [1.29, 1.82) is 0 Å². The van der Waals surface area contributed by atoms with Gasteiger partial charge in [-0.3, -0.25) is 0 Å². The molecule has 0 bridgehead atoms. The molecular weight excluding hydrogens is 202 g/mol. The van der Waals surface area contributed by atoms with Crippen molar-refractivity contribution in [3.8, 4) is 5.88 Å². The van der Waals surface area contributed by atoms with Crippen LogP contribution in [-0.2, 0) is 0 Å². The van der Waals surface area contributed by atoms with Gasteiger partial charge in [0.25, 0.3) is 0 Å². The zero-order valence-electron chi connectivity index (χ0n) is 9.11. The Kier molecular flexibility index (Phi) is 1.83. The molecule has 4 heteroatoms. The monoisotopic (exact) mass is 213 g/mol. The largest absolute Gasteiger partial charge is 0.479 e. The van der Waals surface area contributed by atoms with Gasteiger partial charge in [0.15, 0.2) is 0 Å². The van der Waals surface area contributed by atoms with Gasteiger partial charge in [-0.25, -0.2) is 9.97 Å². The Morgan fingerprint density at radius 2 is 2.19 bits per heavy atom. The van der Waals surface area contributed by atoms with E-state index in [4.69, 9.17) is 4.74 Å². The Morgan fingerprint density at radius 3 is 3.00 bits per heavy atom. The molecule has 1 aromatic carbocycles. The Bertz CT molecular complexity index is 672. The van der Waals surface area contributed by atoms with E-state index in [1.165, 1.54) is 5.56 Å². The molecule has 0 fully saturated rings. The summed E-state index contributed by atoms with van der Waals surface area (Å²) in [5, 5.41) is 1.08. The summed E-state index contributed by atoms with van der Waals surface area (Å²) in [4.78, 5) is 11.9. The fourth-order valence-electron chi connectivity index (χ4n) is 2.01. The summed E-state index contributed by atoms with van der Waals surface area (Å²) in [5.41, 5.74) is 3.85. The van der Waals surface area contributed by atoms with Crippen molar-refractivity contribution < 1.29 is 4.74 Å². The molecule has 1 N–H and O–H groups in total. The maximum atomic E-state index is 5.25. The van der Waals surface area contributed by atoms with Gasteiger partial charge in [-0.2, -0.15) is 0 Å². The first kappa shape index (κ1) is 9.15. The minimum atomic E-state index is 0.589. The van der Waals surface area contributed by atoms with Crippen LogP contribution in [0.25, 0.3) is 21.9 Å². The number of nitrogens with one attached hydrogen (secondary N) is 1. The first-order chi connectivity index (χ1) is 7.81. The number of aryl methyl sites for hydroxylation is 1. The zero-order valence-corrected chi connectivity index (χ0v) is 9.11. The lowest BCUT2D eigenvalue weighted by Gasteiger charge is -2.05. The quantitative estimate of drug-likeness (QED) is 0.675. The first-order valence-electron chi connectivity index (χ1n) is 5.07. The molecule has 0 aliphatic carbocycles. The second-order valence-corrected chi connectivity index (χ2v) is 3.72. The summed E-state index contributed by atoms with van der Waals surface area (Å²) in [5.74, 6) is 0.589. The third-order valence-electron chi connectivity index (χ3n) is 2.76. The molecule has 0 saturated heterocycles. The molecule has 3 aromatic rings. The third-order valence-corrected chi connectivity index (χ3v) is 2.76. The van der Waals surface area contributed by atoms with Crippen LogP contribution in [0.15, 0.2) is 24.5 Å². The van der Waals surface area contributed by atoms with Crippen LogP contribution in [-0.4, -0.2) is 22.1 Å². The summed E-state index contributed by atoms with van der Waals surface area (Å²) in [6, 6.07) is 6.02. The maximum Gasteiger partial charge on any atom is 0.240 e. The smallest absolute Gasteiger partial charge is 0.240 e. The van der Waals surface area contributed by atoms with Gasteiger partial charge < -0.3 is 9.72 Å². The minimum Gasteiger partial charge on any atom is -0.479 e. The SMILES string of the molecule is COc1nc2cccc(C)c2c2nc[nH]c12. The third kappa shape index (κ3) is 1.10. The van der Waals surface area contributed by atoms with E-state index in [0.717, 1.165) is 21.9 Å². The van der Waals surface area contributed by atoms with Crippen molar-refractivity contribution in [3.05, 3.63) is 30.1 Å². The average Bonchev–Trinajstić information content (AvgIpc) is 2.76. The van der Waals surface area contributed by atoms with E-state index in [1.807, 2.05) is 12.1 Å². The number of hydrogen-bond acceptors (Lipinski definition) is 3. The highest BCUT2D eigenvalue weighted by Gasteiger charge is 2.11. The lowest BCUT2D eigenvalue weighted by atomic mass is 10.1. The van der Waals surface area contributed by atoms with Gasteiger partial charge >= 0.3 is 0 Å². The molecule has 2 heterocycles. The molecular formula is C12H11N3O. The number of ether oxygens (including phenoxy) is 1. The van der Waals surface area contributed by atoms with Crippen molar-refractivity contribution in [2.45, 2.75) is 6.92 Å². The molecule has 0 atom stereocenters. The number of rotatable bonds is 1. The number of methoxy groups -OCH3 is 1. The van der Waals surface area contributed by atoms with E-state index < -0.39 is 0 Å². The summed E-state index contributed by atoms with van der Waals surface area (Å²) < 4.78 is 5.25. The summed E-state index contributed by atoms with van der Waals surface area (Å²) >= 11 is 0. The molecule has 2 aromatic heterocycles. The van der Waals surface area contributed by atoms with E-state index in [-0.39, 0.29) is 0 Å². The van der Waals surface area contributed by atoms with Crippen LogP contribution >= 0.6 is 0 Å². The molecule has 0 amide bonds. The number of benzene rings is 1. The predicted molar refractivity (Wildman–Crippen MR) is 62.7 cm³/mol. The Balaban J connectivity index is 2.60. The molecule has 16 heavy (non-hydrogen) atoms. The van der Waals surface area contributed by atoms with Gasteiger partial charge in [-0.05, 0) is 18.6 Å². The average molecular weight is 213 g/mol. The summed E-state index contributed by atoms with van der Waals surface area (Å²) in [6.07, 6.45) is 1.67. The molecule has 4 nitrogen and oxygen atoms in total. The summed E-state index contributed by atoms with van der Waals surface area (Å²) in [6.45, 7) is 2.06. The Labute approximate surface area is 92.3 Å². The standard InChI is InChI=1S/C12H11N3O/c1-7-4-3-5-8-9(7)10-11(14-6-13-10)12(15-8)16-2/h3-6H,1-2H3,(H,13,14). The summed E-state index contributed by atoms with van der Waals surface area (Å²) in [7, 11) is 1.62. The van der Waals surface area contributed by atoms with Gasteiger partial charge in [0.05, 0.1) is 19.0 Å². The Morgan fingerprint density at radius 1 is 1.31 bits per heavy atom. The fourth-order valence-corrected chi connectivity index (χ4v) is 2.01. The van der Waals surface area contributed by atoms with Crippen LogP contribution < -0.4 is 4.74 Å². The van der Waals surface area contributed by atoms with Crippen LogP contribution in [0.3, 0.4) is 0 Å². The number of H-pyrrole nitrogens is 1. The maximum absolute atomic E-state index is 5.25. The Hall–Kier alpha value is -2.10. The number of nitrogens with zero attached hydrogens (tertiary/aromatic N) is 2. The highest BCUT2D eigenvalue weighted by molar-refractivity contribution is 6.05. The number of fused-ring (bicyclic) bond motifs is 3. The molecule has 0 unspecified atom stereocenters. The molecule has 0 saturated carbocycles. The van der Waals surface area contributed by atoms with Crippen LogP contribution in [0.5, 0.6) is 5.88 Å². The highest BCUT2D eigenvalue weighted by atomic mass is 16.5. The van der Waals surface area contributed by atoms with Crippen molar-refractivity contribution in [2.24, 2.45) is 0 Å². The molecule has 3 rings (SSSR count). The van der Waals surface area contributed by atoms with Crippen molar-refractivity contribution in [2.75, 3.05) is 7.11 Å². The lowest BCUT2D eigenvalue weighted by molar-refractivity contribution is 0.404. The van der Waals surface area contributed by atoms with Crippen molar-refractivity contribution >= 4 is 21.9 Å². The lowest BCUT2D eigenvalue weighted by Crippen LogP contribution is -1.92.